The lowest BCUT2D eigenvalue weighted by Gasteiger charge is -2.05. The molecular formula is C13H16N2O3S. The Morgan fingerprint density at radius 2 is 2.16 bits per heavy atom. The number of amides is 1. The number of carbonyl (C=O) groups is 1. The lowest BCUT2D eigenvalue weighted by Crippen LogP contribution is -2.15. The molecule has 0 radical (unpaired) electrons. The Hall–Kier alpha value is -1.87. The third-order valence-electron chi connectivity index (χ3n) is 2.57. The smallest absolute Gasteiger partial charge is 0.224 e. The third kappa shape index (κ3) is 5.53. The number of hydrogen-bond donors (Lipinski definition) is 1. The van der Waals surface area contributed by atoms with Crippen molar-refractivity contribution in [1.29, 1.82) is 5.26 Å². The Bertz CT molecular complexity index is 588. The van der Waals surface area contributed by atoms with E-state index in [-0.39, 0.29) is 23.8 Å². The van der Waals surface area contributed by atoms with E-state index in [1.807, 2.05) is 6.07 Å². The lowest BCUT2D eigenvalue weighted by atomic mass is 10.2. The molecule has 0 unspecified atom stereocenters. The number of carbonyl (C=O) groups excluding carboxylic acids is 1. The van der Waals surface area contributed by atoms with Gasteiger partial charge in [0.2, 0.25) is 5.91 Å². The molecule has 6 heteroatoms. The van der Waals surface area contributed by atoms with E-state index in [0.717, 1.165) is 0 Å². The Labute approximate surface area is 113 Å². The van der Waals surface area contributed by atoms with Crippen LogP contribution in [-0.2, 0) is 14.6 Å². The van der Waals surface area contributed by atoms with Gasteiger partial charge in [-0.1, -0.05) is 13.0 Å². The van der Waals surface area contributed by atoms with E-state index >= 15 is 0 Å². The zero-order valence-electron chi connectivity index (χ0n) is 10.7. The molecule has 19 heavy (non-hydrogen) atoms. The Morgan fingerprint density at radius 1 is 1.42 bits per heavy atom. The normalized spacial score (nSPS) is 10.7. The van der Waals surface area contributed by atoms with Crippen molar-refractivity contribution < 1.29 is 13.2 Å². The molecule has 0 bridgehead atoms. The minimum atomic E-state index is -3.02. The Morgan fingerprint density at radius 3 is 2.79 bits per heavy atom. The average molecular weight is 280 g/mol. The molecule has 1 N–H and O–H groups in total. The molecule has 5 nitrogen and oxygen atoms in total. The van der Waals surface area contributed by atoms with Gasteiger partial charge in [0.05, 0.1) is 17.4 Å². The average Bonchev–Trinajstić information content (AvgIpc) is 2.38. The summed E-state index contributed by atoms with van der Waals surface area (Å²) in [7, 11) is -3.02. The fourth-order valence-electron chi connectivity index (χ4n) is 1.49. The highest BCUT2D eigenvalue weighted by molar-refractivity contribution is 7.91. The van der Waals surface area contributed by atoms with Crippen LogP contribution >= 0.6 is 0 Å². The van der Waals surface area contributed by atoms with E-state index < -0.39 is 9.84 Å². The predicted molar refractivity (Wildman–Crippen MR) is 73.3 cm³/mol. The summed E-state index contributed by atoms with van der Waals surface area (Å²) < 4.78 is 22.5. The molecule has 0 heterocycles. The Kier molecular flexibility index (Phi) is 5.52. The minimum absolute atomic E-state index is 0.0230. The molecule has 1 rings (SSSR count). The van der Waals surface area contributed by atoms with Crippen molar-refractivity contribution in [3.8, 4) is 6.07 Å². The molecule has 0 saturated heterocycles. The van der Waals surface area contributed by atoms with Crippen LogP contribution in [0.4, 0.5) is 5.69 Å². The number of anilines is 1. The van der Waals surface area contributed by atoms with E-state index in [9.17, 15) is 13.2 Å². The second-order valence-electron chi connectivity index (χ2n) is 4.08. The fourth-order valence-corrected chi connectivity index (χ4v) is 2.36. The second-order valence-corrected chi connectivity index (χ2v) is 6.55. The molecular weight excluding hydrogens is 264 g/mol. The molecule has 1 aromatic rings. The third-order valence-corrected chi connectivity index (χ3v) is 4.36. The van der Waals surface area contributed by atoms with E-state index in [4.69, 9.17) is 5.26 Å². The molecule has 0 aliphatic heterocycles. The summed E-state index contributed by atoms with van der Waals surface area (Å²) in [5.74, 6) is -0.130. The topological polar surface area (TPSA) is 87.0 Å². The number of hydrogen-bond acceptors (Lipinski definition) is 4. The van der Waals surface area contributed by atoms with Gasteiger partial charge in [0.1, 0.15) is 9.84 Å². The van der Waals surface area contributed by atoms with Crippen LogP contribution < -0.4 is 5.32 Å². The summed E-state index contributed by atoms with van der Waals surface area (Å²) in [6, 6.07) is 8.55. The van der Waals surface area contributed by atoms with Crippen molar-refractivity contribution in [1.82, 2.24) is 0 Å². The number of nitrogens with zero attached hydrogens (tertiary/aromatic N) is 1. The van der Waals surface area contributed by atoms with Gasteiger partial charge < -0.3 is 5.32 Å². The van der Waals surface area contributed by atoms with Crippen molar-refractivity contribution in [2.45, 2.75) is 19.8 Å². The molecule has 102 valence electrons. The maximum absolute atomic E-state index is 11.6. The standard InChI is InChI=1S/C13H16N2O3S/c1-2-19(17,18)8-4-7-13(16)15-12-6-3-5-11(9-12)10-14/h3,5-6,9H,2,4,7-8H2,1H3,(H,15,16). The van der Waals surface area contributed by atoms with Crippen molar-refractivity contribution in [3.05, 3.63) is 29.8 Å². The highest BCUT2D eigenvalue weighted by atomic mass is 32.2. The first-order valence-electron chi connectivity index (χ1n) is 5.97. The first-order valence-corrected chi connectivity index (χ1v) is 7.79. The van der Waals surface area contributed by atoms with Gasteiger partial charge in [-0.2, -0.15) is 5.26 Å². The van der Waals surface area contributed by atoms with Gasteiger partial charge in [0.25, 0.3) is 0 Å². The Balaban J connectivity index is 2.46. The number of nitriles is 1. The van der Waals surface area contributed by atoms with Gasteiger partial charge in [-0.05, 0) is 24.6 Å². The highest BCUT2D eigenvalue weighted by Crippen LogP contribution is 2.10. The molecule has 0 aliphatic rings. The van der Waals surface area contributed by atoms with Crippen LogP contribution in [0, 0.1) is 11.3 Å². The zero-order chi connectivity index (χ0) is 14.3. The van der Waals surface area contributed by atoms with Crippen LogP contribution in [0.2, 0.25) is 0 Å². The van der Waals surface area contributed by atoms with E-state index in [1.165, 1.54) is 0 Å². The van der Waals surface area contributed by atoms with Gasteiger partial charge in [-0.3, -0.25) is 4.79 Å². The second kappa shape index (κ2) is 6.90. The number of benzene rings is 1. The van der Waals surface area contributed by atoms with Crippen LogP contribution in [-0.4, -0.2) is 25.8 Å². The molecule has 0 fully saturated rings. The lowest BCUT2D eigenvalue weighted by molar-refractivity contribution is -0.116. The molecule has 0 aromatic heterocycles. The zero-order valence-corrected chi connectivity index (χ0v) is 11.5. The van der Waals surface area contributed by atoms with Crippen LogP contribution in [0.5, 0.6) is 0 Å². The largest absolute Gasteiger partial charge is 0.326 e. The molecule has 1 aromatic carbocycles. The van der Waals surface area contributed by atoms with Gasteiger partial charge in [0.15, 0.2) is 0 Å². The predicted octanol–water partition coefficient (Wildman–Crippen LogP) is 1.71. The van der Waals surface area contributed by atoms with Crippen LogP contribution in [0.3, 0.4) is 0 Å². The maximum atomic E-state index is 11.6. The maximum Gasteiger partial charge on any atom is 0.224 e. The number of rotatable bonds is 6. The van der Waals surface area contributed by atoms with E-state index in [2.05, 4.69) is 5.32 Å². The van der Waals surface area contributed by atoms with Crippen LogP contribution in [0.1, 0.15) is 25.3 Å². The van der Waals surface area contributed by atoms with Gasteiger partial charge in [0, 0.05) is 17.9 Å². The van der Waals surface area contributed by atoms with E-state index in [1.54, 1.807) is 31.2 Å². The molecule has 0 spiro atoms. The monoisotopic (exact) mass is 280 g/mol. The minimum Gasteiger partial charge on any atom is -0.326 e. The summed E-state index contributed by atoms with van der Waals surface area (Å²) in [5.41, 5.74) is 1.01. The van der Waals surface area contributed by atoms with Crippen molar-refractivity contribution >= 4 is 21.4 Å². The van der Waals surface area contributed by atoms with Gasteiger partial charge >= 0.3 is 0 Å². The summed E-state index contributed by atoms with van der Waals surface area (Å²) in [6.45, 7) is 1.59. The molecule has 1 amide bonds. The van der Waals surface area contributed by atoms with Crippen molar-refractivity contribution in [2.75, 3.05) is 16.8 Å². The number of sulfone groups is 1. The van der Waals surface area contributed by atoms with Crippen molar-refractivity contribution in [2.24, 2.45) is 0 Å². The summed E-state index contributed by atoms with van der Waals surface area (Å²) in [6.07, 6.45) is 0.454. The molecule has 0 atom stereocenters. The van der Waals surface area contributed by atoms with Crippen molar-refractivity contribution in [3.63, 3.8) is 0 Å². The quantitative estimate of drug-likeness (QED) is 0.859. The molecule has 0 aliphatic carbocycles. The summed E-state index contributed by atoms with van der Waals surface area (Å²) >= 11 is 0. The fraction of sp³-hybridized carbons (Fsp3) is 0.385. The first-order chi connectivity index (χ1) is 8.96. The SMILES string of the molecule is CCS(=O)(=O)CCCC(=O)Nc1cccc(C#N)c1. The van der Waals surface area contributed by atoms with Crippen LogP contribution in [0.15, 0.2) is 24.3 Å². The van der Waals surface area contributed by atoms with E-state index in [0.29, 0.717) is 17.7 Å². The van der Waals surface area contributed by atoms with Gasteiger partial charge in [-0.25, -0.2) is 8.42 Å². The van der Waals surface area contributed by atoms with Gasteiger partial charge in [-0.15, -0.1) is 0 Å². The summed E-state index contributed by atoms with van der Waals surface area (Å²) in [5, 5.41) is 11.4. The highest BCUT2D eigenvalue weighted by Gasteiger charge is 2.09. The number of nitrogens with one attached hydrogen (secondary N) is 1. The summed E-state index contributed by atoms with van der Waals surface area (Å²) in [4.78, 5) is 11.6. The first kappa shape index (κ1) is 15.2. The van der Waals surface area contributed by atoms with Crippen LogP contribution in [0.25, 0.3) is 0 Å². The molecule has 0 saturated carbocycles.